The zero-order valence-corrected chi connectivity index (χ0v) is 11.5. The second-order valence-corrected chi connectivity index (χ2v) is 4.65. The van der Waals surface area contributed by atoms with E-state index >= 15 is 0 Å². The lowest BCUT2D eigenvalue weighted by atomic mass is 10.1. The van der Waals surface area contributed by atoms with Crippen molar-refractivity contribution in [3.63, 3.8) is 0 Å². The van der Waals surface area contributed by atoms with E-state index in [1.54, 1.807) is 6.07 Å². The van der Waals surface area contributed by atoms with Crippen LogP contribution in [0.5, 0.6) is 0 Å². The first-order chi connectivity index (χ1) is 9.54. The molecule has 20 heavy (non-hydrogen) atoms. The second kappa shape index (κ2) is 6.21. The summed E-state index contributed by atoms with van der Waals surface area (Å²) in [5, 5.41) is 9.17. The molecule has 2 aromatic rings. The van der Waals surface area contributed by atoms with Crippen LogP contribution in [0, 0.1) is 6.92 Å². The predicted octanol–water partition coefficient (Wildman–Crippen LogP) is 2.32. The molecule has 0 saturated heterocycles. The van der Waals surface area contributed by atoms with Gasteiger partial charge in [0.05, 0.1) is 12.2 Å². The molecular formula is C14H18N4O2. The number of anilines is 1. The van der Waals surface area contributed by atoms with Gasteiger partial charge in [0, 0.05) is 17.8 Å². The predicted molar refractivity (Wildman–Crippen MR) is 76.1 cm³/mol. The van der Waals surface area contributed by atoms with Gasteiger partial charge in [-0.1, -0.05) is 17.3 Å². The molecule has 2 amide bonds. The minimum absolute atomic E-state index is 0.0208. The van der Waals surface area contributed by atoms with Crippen LogP contribution in [-0.2, 0) is 6.54 Å². The van der Waals surface area contributed by atoms with E-state index in [4.69, 9.17) is 10.3 Å². The van der Waals surface area contributed by atoms with Crippen LogP contribution >= 0.6 is 0 Å². The smallest absolute Gasteiger partial charge is 0.319 e. The molecule has 1 aromatic carbocycles. The van der Waals surface area contributed by atoms with Gasteiger partial charge in [0.1, 0.15) is 0 Å². The number of urea groups is 1. The number of amides is 2. The number of nitrogens with one attached hydrogen (secondary N) is 2. The lowest BCUT2D eigenvalue weighted by Gasteiger charge is -2.09. The fourth-order valence-corrected chi connectivity index (χ4v) is 1.71. The zero-order chi connectivity index (χ0) is 14.5. The number of nitrogens with zero attached hydrogens (tertiary/aromatic N) is 1. The first-order valence-electron chi connectivity index (χ1n) is 6.37. The van der Waals surface area contributed by atoms with E-state index in [0.29, 0.717) is 18.0 Å². The van der Waals surface area contributed by atoms with Crippen LogP contribution in [0.3, 0.4) is 0 Å². The van der Waals surface area contributed by atoms with Crippen LogP contribution in [0.15, 0.2) is 34.9 Å². The van der Waals surface area contributed by atoms with Crippen LogP contribution in [-0.4, -0.2) is 11.2 Å². The summed E-state index contributed by atoms with van der Waals surface area (Å²) in [5.74, 6) is 0.616. The first-order valence-corrected chi connectivity index (χ1v) is 6.37. The Morgan fingerprint density at radius 2 is 2.10 bits per heavy atom. The molecule has 6 heteroatoms. The van der Waals surface area contributed by atoms with Crippen molar-refractivity contribution in [3.05, 3.63) is 47.3 Å². The van der Waals surface area contributed by atoms with Crippen molar-refractivity contribution in [1.29, 1.82) is 0 Å². The number of carbonyl (C=O) groups is 1. The average molecular weight is 274 g/mol. The van der Waals surface area contributed by atoms with Crippen LogP contribution in [0.25, 0.3) is 0 Å². The van der Waals surface area contributed by atoms with Crippen LogP contribution in [0.1, 0.15) is 30.0 Å². The minimum atomic E-state index is -0.299. The van der Waals surface area contributed by atoms with Crippen molar-refractivity contribution < 1.29 is 9.32 Å². The van der Waals surface area contributed by atoms with Gasteiger partial charge in [-0.25, -0.2) is 4.79 Å². The third kappa shape index (κ3) is 3.83. The molecule has 0 aliphatic heterocycles. The van der Waals surface area contributed by atoms with Gasteiger partial charge < -0.3 is 20.9 Å². The Morgan fingerprint density at radius 3 is 2.65 bits per heavy atom. The highest BCUT2D eigenvalue weighted by atomic mass is 16.5. The molecule has 1 aromatic heterocycles. The summed E-state index contributed by atoms with van der Waals surface area (Å²) in [6.45, 7) is 4.03. The van der Waals surface area contributed by atoms with Gasteiger partial charge in [-0.05, 0) is 31.5 Å². The van der Waals surface area contributed by atoms with Gasteiger partial charge in [-0.3, -0.25) is 0 Å². The van der Waals surface area contributed by atoms with Crippen molar-refractivity contribution in [2.24, 2.45) is 5.73 Å². The number of nitrogens with two attached hydrogens (primary N) is 1. The number of hydrogen-bond donors (Lipinski definition) is 3. The third-order valence-corrected chi connectivity index (χ3v) is 2.79. The molecule has 0 saturated carbocycles. The van der Waals surface area contributed by atoms with Crippen LogP contribution in [0.4, 0.5) is 10.5 Å². The molecule has 2 rings (SSSR count). The zero-order valence-electron chi connectivity index (χ0n) is 11.5. The molecule has 0 bridgehead atoms. The molecule has 106 valence electrons. The normalized spacial score (nSPS) is 11.9. The van der Waals surface area contributed by atoms with Crippen molar-refractivity contribution >= 4 is 11.7 Å². The van der Waals surface area contributed by atoms with Gasteiger partial charge in [0.15, 0.2) is 5.76 Å². The lowest BCUT2D eigenvalue weighted by Crippen LogP contribution is -2.28. The van der Waals surface area contributed by atoms with Crippen LogP contribution in [0.2, 0.25) is 0 Å². The highest BCUT2D eigenvalue weighted by Gasteiger charge is 2.05. The van der Waals surface area contributed by atoms with E-state index in [0.717, 1.165) is 11.3 Å². The van der Waals surface area contributed by atoms with E-state index in [-0.39, 0.29) is 12.1 Å². The Bertz CT molecular complexity index is 575. The van der Waals surface area contributed by atoms with E-state index < -0.39 is 0 Å². The Hall–Kier alpha value is -2.34. The maximum atomic E-state index is 11.7. The maximum absolute atomic E-state index is 11.7. The van der Waals surface area contributed by atoms with Gasteiger partial charge in [-0.2, -0.15) is 0 Å². The molecule has 0 fully saturated rings. The average Bonchev–Trinajstić information content (AvgIpc) is 2.83. The number of rotatable bonds is 4. The topological polar surface area (TPSA) is 93.2 Å². The second-order valence-electron chi connectivity index (χ2n) is 4.65. The van der Waals surface area contributed by atoms with Gasteiger partial charge in [0.2, 0.25) is 0 Å². The quantitative estimate of drug-likeness (QED) is 0.797. The molecule has 1 unspecified atom stereocenters. The molecular weight excluding hydrogens is 256 g/mol. The fraction of sp³-hybridized carbons (Fsp3) is 0.286. The van der Waals surface area contributed by atoms with Crippen molar-refractivity contribution in [1.82, 2.24) is 10.5 Å². The first kappa shape index (κ1) is 14.1. The largest absolute Gasteiger partial charge is 0.359 e. The summed E-state index contributed by atoms with van der Waals surface area (Å²) in [4.78, 5) is 11.7. The summed E-state index contributed by atoms with van der Waals surface area (Å²) in [7, 11) is 0. The third-order valence-electron chi connectivity index (χ3n) is 2.79. The van der Waals surface area contributed by atoms with E-state index in [1.807, 2.05) is 38.1 Å². The standard InChI is InChI=1S/C14H18N4O2/c1-9-7-13(20-18-9)8-16-14(19)17-12-5-3-11(4-6-12)10(2)15/h3-7,10H,8,15H2,1-2H3,(H2,16,17,19). The molecule has 1 atom stereocenters. The number of benzene rings is 1. The lowest BCUT2D eigenvalue weighted by molar-refractivity contribution is 0.250. The Labute approximate surface area is 117 Å². The molecule has 0 radical (unpaired) electrons. The summed E-state index contributed by atoms with van der Waals surface area (Å²) < 4.78 is 5.00. The molecule has 0 spiro atoms. The number of carbonyl (C=O) groups excluding carboxylic acids is 1. The van der Waals surface area contributed by atoms with E-state index in [2.05, 4.69) is 15.8 Å². The molecule has 0 aliphatic rings. The summed E-state index contributed by atoms with van der Waals surface area (Å²) in [6.07, 6.45) is 0. The van der Waals surface area contributed by atoms with Gasteiger partial charge in [0.25, 0.3) is 0 Å². The van der Waals surface area contributed by atoms with E-state index in [9.17, 15) is 4.79 Å². The Kier molecular flexibility index (Phi) is 4.37. The SMILES string of the molecule is Cc1cc(CNC(=O)Nc2ccc(C(C)N)cc2)on1. The monoisotopic (exact) mass is 274 g/mol. The van der Waals surface area contributed by atoms with Crippen molar-refractivity contribution in [2.75, 3.05) is 5.32 Å². The van der Waals surface area contributed by atoms with Crippen molar-refractivity contribution in [3.8, 4) is 0 Å². The highest BCUT2D eigenvalue weighted by Crippen LogP contribution is 2.14. The highest BCUT2D eigenvalue weighted by molar-refractivity contribution is 5.89. The van der Waals surface area contributed by atoms with Gasteiger partial charge in [-0.15, -0.1) is 0 Å². The molecule has 6 nitrogen and oxygen atoms in total. The number of aromatic nitrogens is 1. The molecule has 4 N–H and O–H groups in total. The number of hydrogen-bond acceptors (Lipinski definition) is 4. The van der Waals surface area contributed by atoms with E-state index in [1.165, 1.54) is 0 Å². The molecule has 1 heterocycles. The molecule has 0 aliphatic carbocycles. The summed E-state index contributed by atoms with van der Waals surface area (Å²) in [6, 6.07) is 8.87. The summed E-state index contributed by atoms with van der Waals surface area (Å²) in [5.41, 5.74) is 8.28. The maximum Gasteiger partial charge on any atom is 0.319 e. The van der Waals surface area contributed by atoms with Crippen molar-refractivity contribution in [2.45, 2.75) is 26.4 Å². The van der Waals surface area contributed by atoms with Gasteiger partial charge >= 0.3 is 6.03 Å². The Morgan fingerprint density at radius 1 is 1.40 bits per heavy atom. The summed E-state index contributed by atoms with van der Waals surface area (Å²) >= 11 is 0. The number of aryl methyl sites for hydroxylation is 1. The fourth-order valence-electron chi connectivity index (χ4n) is 1.71. The minimum Gasteiger partial charge on any atom is -0.359 e. The van der Waals surface area contributed by atoms with Crippen LogP contribution < -0.4 is 16.4 Å². The Balaban J connectivity index is 1.84.